The second-order valence-corrected chi connectivity index (χ2v) is 2.82. The largest absolute Gasteiger partial charge is 0.303 e. The lowest BCUT2D eigenvalue weighted by Crippen LogP contribution is -1.97. The second-order valence-electron chi connectivity index (χ2n) is 2.82. The SMILES string of the molecule is CC(C=O)c1ccc(C=O)c(F)c1. The first-order valence-electron chi connectivity index (χ1n) is 3.89. The van der Waals surface area contributed by atoms with Gasteiger partial charge in [0.25, 0.3) is 0 Å². The number of benzene rings is 1. The fourth-order valence-corrected chi connectivity index (χ4v) is 1.00. The van der Waals surface area contributed by atoms with Crippen LogP contribution in [0.25, 0.3) is 0 Å². The predicted octanol–water partition coefficient (Wildman–Crippen LogP) is 1.94. The average Bonchev–Trinajstić information content (AvgIpc) is 2.16. The molecule has 1 aromatic rings. The van der Waals surface area contributed by atoms with E-state index in [4.69, 9.17) is 0 Å². The lowest BCUT2D eigenvalue weighted by atomic mass is 10.0. The van der Waals surface area contributed by atoms with Crippen molar-refractivity contribution in [2.24, 2.45) is 0 Å². The van der Waals surface area contributed by atoms with Crippen LogP contribution in [0.5, 0.6) is 0 Å². The van der Waals surface area contributed by atoms with Gasteiger partial charge in [-0.05, 0) is 17.7 Å². The molecule has 0 saturated heterocycles. The van der Waals surface area contributed by atoms with Gasteiger partial charge in [0.1, 0.15) is 12.1 Å². The van der Waals surface area contributed by atoms with Crippen molar-refractivity contribution in [3.05, 3.63) is 35.1 Å². The predicted molar refractivity (Wildman–Crippen MR) is 46.3 cm³/mol. The summed E-state index contributed by atoms with van der Waals surface area (Å²) in [6, 6.07) is 4.16. The van der Waals surface area contributed by atoms with E-state index in [1.54, 1.807) is 13.0 Å². The maximum absolute atomic E-state index is 13.0. The molecule has 0 aliphatic heterocycles. The highest BCUT2D eigenvalue weighted by molar-refractivity contribution is 5.75. The fraction of sp³-hybridized carbons (Fsp3) is 0.200. The van der Waals surface area contributed by atoms with E-state index in [2.05, 4.69) is 0 Å². The van der Waals surface area contributed by atoms with Crippen molar-refractivity contribution in [2.75, 3.05) is 0 Å². The Bertz CT molecular complexity index is 334. The molecule has 0 fully saturated rings. The van der Waals surface area contributed by atoms with Gasteiger partial charge in [-0.1, -0.05) is 13.0 Å². The Morgan fingerprint density at radius 3 is 2.54 bits per heavy atom. The van der Waals surface area contributed by atoms with Gasteiger partial charge >= 0.3 is 0 Å². The summed E-state index contributed by atoms with van der Waals surface area (Å²) in [4.78, 5) is 20.6. The van der Waals surface area contributed by atoms with Crippen molar-refractivity contribution < 1.29 is 14.0 Å². The smallest absolute Gasteiger partial charge is 0.152 e. The van der Waals surface area contributed by atoms with Gasteiger partial charge in [-0.15, -0.1) is 0 Å². The summed E-state index contributed by atoms with van der Waals surface area (Å²) in [7, 11) is 0. The Hall–Kier alpha value is -1.51. The number of carbonyl (C=O) groups is 2. The highest BCUT2D eigenvalue weighted by atomic mass is 19.1. The summed E-state index contributed by atoms with van der Waals surface area (Å²) in [6.45, 7) is 1.67. The van der Waals surface area contributed by atoms with Crippen molar-refractivity contribution in [2.45, 2.75) is 12.8 Å². The molecular formula is C10H9FO2. The Morgan fingerprint density at radius 2 is 2.08 bits per heavy atom. The number of aldehydes is 2. The summed E-state index contributed by atoms with van der Waals surface area (Å²) in [6.07, 6.45) is 1.18. The van der Waals surface area contributed by atoms with Crippen LogP contribution < -0.4 is 0 Å². The quantitative estimate of drug-likeness (QED) is 0.666. The highest BCUT2D eigenvalue weighted by Crippen LogP contribution is 2.15. The molecule has 0 amide bonds. The summed E-state index contributed by atoms with van der Waals surface area (Å²) in [5.41, 5.74) is 0.597. The van der Waals surface area contributed by atoms with E-state index < -0.39 is 5.82 Å². The van der Waals surface area contributed by atoms with Crippen LogP contribution in [0, 0.1) is 5.82 Å². The molecule has 1 rings (SSSR count). The first-order valence-corrected chi connectivity index (χ1v) is 3.89. The van der Waals surface area contributed by atoms with E-state index in [1.807, 2.05) is 0 Å². The third-order valence-electron chi connectivity index (χ3n) is 1.88. The first-order chi connectivity index (χ1) is 6.19. The molecule has 0 N–H and O–H groups in total. The molecule has 68 valence electrons. The molecule has 1 aromatic carbocycles. The Labute approximate surface area is 75.4 Å². The van der Waals surface area contributed by atoms with Crippen molar-refractivity contribution in [3.63, 3.8) is 0 Å². The van der Waals surface area contributed by atoms with Crippen LogP contribution in [-0.2, 0) is 4.79 Å². The van der Waals surface area contributed by atoms with Crippen LogP contribution >= 0.6 is 0 Å². The molecule has 0 heterocycles. The first kappa shape index (κ1) is 9.58. The van der Waals surface area contributed by atoms with E-state index in [1.165, 1.54) is 12.1 Å². The maximum atomic E-state index is 13.0. The Kier molecular flexibility index (Phi) is 2.90. The number of hydrogen-bond acceptors (Lipinski definition) is 2. The van der Waals surface area contributed by atoms with Gasteiger partial charge in [-0.3, -0.25) is 4.79 Å². The number of rotatable bonds is 3. The lowest BCUT2D eigenvalue weighted by Gasteiger charge is -2.04. The maximum Gasteiger partial charge on any atom is 0.152 e. The van der Waals surface area contributed by atoms with Gasteiger partial charge < -0.3 is 4.79 Å². The van der Waals surface area contributed by atoms with Gasteiger partial charge in [-0.25, -0.2) is 4.39 Å². The summed E-state index contributed by atoms with van der Waals surface area (Å²) < 4.78 is 13.0. The van der Waals surface area contributed by atoms with Gasteiger partial charge in [0.15, 0.2) is 6.29 Å². The molecule has 0 radical (unpaired) electrons. The number of carbonyl (C=O) groups excluding carboxylic acids is 2. The minimum absolute atomic E-state index is 0.0156. The van der Waals surface area contributed by atoms with Crippen LogP contribution in [0.2, 0.25) is 0 Å². The van der Waals surface area contributed by atoms with Gasteiger partial charge in [-0.2, -0.15) is 0 Å². The van der Waals surface area contributed by atoms with Crippen molar-refractivity contribution in [1.29, 1.82) is 0 Å². The second kappa shape index (κ2) is 3.94. The van der Waals surface area contributed by atoms with Crippen LogP contribution in [-0.4, -0.2) is 12.6 Å². The topological polar surface area (TPSA) is 34.1 Å². The molecule has 1 atom stereocenters. The highest BCUT2D eigenvalue weighted by Gasteiger charge is 2.07. The fourth-order valence-electron chi connectivity index (χ4n) is 1.00. The molecule has 0 spiro atoms. The van der Waals surface area contributed by atoms with E-state index in [0.29, 0.717) is 11.8 Å². The Balaban J connectivity index is 3.08. The molecule has 13 heavy (non-hydrogen) atoms. The summed E-state index contributed by atoms with van der Waals surface area (Å²) in [5.74, 6) is -0.920. The van der Waals surface area contributed by atoms with Crippen molar-refractivity contribution in [3.8, 4) is 0 Å². The molecular weight excluding hydrogens is 171 g/mol. The molecule has 0 aliphatic rings. The molecule has 0 aliphatic carbocycles. The van der Waals surface area contributed by atoms with Gasteiger partial charge in [0, 0.05) is 5.92 Å². The Morgan fingerprint density at radius 1 is 1.38 bits per heavy atom. The summed E-state index contributed by atoms with van der Waals surface area (Å²) >= 11 is 0. The van der Waals surface area contributed by atoms with E-state index in [0.717, 1.165) is 6.29 Å². The average molecular weight is 180 g/mol. The van der Waals surface area contributed by atoms with E-state index in [9.17, 15) is 14.0 Å². The zero-order valence-corrected chi connectivity index (χ0v) is 7.16. The van der Waals surface area contributed by atoms with Crippen LogP contribution in [0.1, 0.15) is 28.8 Å². The lowest BCUT2D eigenvalue weighted by molar-refractivity contribution is -0.108. The monoisotopic (exact) mass is 180 g/mol. The van der Waals surface area contributed by atoms with Crippen LogP contribution in [0.4, 0.5) is 4.39 Å². The zero-order chi connectivity index (χ0) is 9.84. The minimum Gasteiger partial charge on any atom is -0.303 e. The standard InChI is InChI=1S/C10H9FO2/c1-7(5-12)8-2-3-9(6-13)10(11)4-8/h2-7H,1H3. The van der Waals surface area contributed by atoms with Gasteiger partial charge in [0.05, 0.1) is 5.56 Å². The third-order valence-corrected chi connectivity index (χ3v) is 1.88. The molecule has 0 saturated carbocycles. The number of hydrogen-bond donors (Lipinski definition) is 0. The summed E-state index contributed by atoms with van der Waals surface area (Å²) in [5, 5.41) is 0. The normalized spacial score (nSPS) is 12.2. The van der Waals surface area contributed by atoms with Gasteiger partial charge in [0.2, 0.25) is 0 Å². The molecule has 0 aromatic heterocycles. The van der Waals surface area contributed by atoms with E-state index >= 15 is 0 Å². The van der Waals surface area contributed by atoms with Crippen molar-refractivity contribution in [1.82, 2.24) is 0 Å². The van der Waals surface area contributed by atoms with E-state index in [-0.39, 0.29) is 11.5 Å². The van der Waals surface area contributed by atoms with Crippen LogP contribution in [0.15, 0.2) is 18.2 Å². The minimum atomic E-state index is -0.582. The third kappa shape index (κ3) is 1.99. The molecule has 2 nitrogen and oxygen atoms in total. The molecule has 3 heteroatoms. The van der Waals surface area contributed by atoms with Crippen LogP contribution in [0.3, 0.4) is 0 Å². The molecule has 1 unspecified atom stereocenters. The number of halogens is 1. The van der Waals surface area contributed by atoms with Crippen molar-refractivity contribution >= 4 is 12.6 Å². The molecule has 0 bridgehead atoms. The zero-order valence-electron chi connectivity index (χ0n) is 7.16.